The summed E-state index contributed by atoms with van der Waals surface area (Å²) in [6, 6.07) is 8.27. The van der Waals surface area contributed by atoms with E-state index in [0.29, 0.717) is 0 Å². The van der Waals surface area contributed by atoms with E-state index >= 15 is 0 Å². The lowest BCUT2D eigenvalue weighted by Gasteiger charge is -2.28. The molecule has 0 aromatic heterocycles. The zero-order chi connectivity index (χ0) is 11.4. The summed E-state index contributed by atoms with van der Waals surface area (Å²) < 4.78 is 0. The van der Waals surface area contributed by atoms with Crippen LogP contribution in [0.4, 0.5) is 0 Å². The van der Waals surface area contributed by atoms with Crippen LogP contribution in [-0.4, -0.2) is 13.1 Å². The van der Waals surface area contributed by atoms with E-state index in [4.69, 9.17) is 11.6 Å². The van der Waals surface area contributed by atoms with Gasteiger partial charge in [-0.2, -0.15) is 0 Å². The highest BCUT2D eigenvalue weighted by Crippen LogP contribution is 2.25. The summed E-state index contributed by atoms with van der Waals surface area (Å²) >= 11 is 6.00. The molecule has 1 aliphatic heterocycles. The minimum atomic E-state index is 0.764. The Morgan fingerprint density at radius 1 is 1.38 bits per heavy atom. The van der Waals surface area contributed by atoms with E-state index in [-0.39, 0.29) is 0 Å². The minimum absolute atomic E-state index is 0.764. The van der Waals surface area contributed by atoms with Gasteiger partial charge in [-0.15, -0.1) is 0 Å². The van der Waals surface area contributed by atoms with Crippen molar-refractivity contribution in [3.63, 3.8) is 0 Å². The summed E-state index contributed by atoms with van der Waals surface area (Å²) in [5.41, 5.74) is 1.37. The number of piperidine rings is 1. The summed E-state index contributed by atoms with van der Waals surface area (Å²) in [4.78, 5) is 0. The summed E-state index contributed by atoms with van der Waals surface area (Å²) in [7, 11) is 0. The second-order valence-electron chi connectivity index (χ2n) is 4.90. The second kappa shape index (κ2) is 5.70. The third-order valence-corrected chi connectivity index (χ3v) is 3.87. The molecule has 1 unspecified atom stereocenters. The van der Waals surface area contributed by atoms with Crippen molar-refractivity contribution in [2.45, 2.75) is 26.2 Å². The fourth-order valence-electron chi connectivity index (χ4n) is 2.62. The van der Waals surface area contributed by atoms with Crippen molar-refractivity contribution < 1.29 is 0 Å². The quantitative estimate of drug-likeness (QED) is 0.848. The van der Waals surface area contributed by atoms with Gasteiger partial charge in [0.05, 0.1) is 0 Å². The van der Waals surface area contributed by atoms with Gasteiger partial charge in [-0.1, -0.05) is 30.7 Å². The van der Waals surface area contributed by atoms with Crippen LogP contribution in [0.25, 0.3) is 0 Å². The smallest absolute Gasteiger partial charge is 0.0408 e. The predicted molar refractivity (Wildman–Crippen MR) is 69.9 cm³/mol. The highest BCUT2D eigenvalue weighted by Gasteiger charge is 2.19. The maximum absolute atomic E-state index is 6.00. The van der Waals surface area contributed by atoms with E-state index in [0.717, 1.165) is 23.3 Å². The van der Waals surface area contributed by atoms with Crippen molar-refractivity contribution in [1.82, 2.24) is 5.32 Å². The van der Waals surface area contributed by atoms with E-state index in [1.807, 2.05) is 12.1 Å². The van der Waals surface area contributed by atoms with E-state index < -0.39 is 0 Å². The molecule has 0 saturated carbocycles. The van der Waals surface area contributed by atoms with Crippen molar-refractivity contribution in [1.29, 1.82) is 0 Å². The average Bonchev–Trinajstić information content (AvgIpc) is 2.30. The van der Waals surface area contributed by atoms with Gasteiger partial charge < -0.3 is 5.32 Å². The Kier molecular flexibility index (Phi) is 4.25. The van der Waals surface area contributed by atoms with Crippen molar-refractivity contribution in [3.8, 4) is 0 Å². The number of benzene rings is 1. The third kappa shape index (κ3) is 3.23. The molecular weight excluding hydrogens is 218 g/mol. The molecule has 0 aliphatic carbocycles. The largest absolute Gasteiger partial charge is 0.317 e. The molecule has 1 fully saturated rings. The first-order chi connectivity index (χ1) is 7.75. The zero-order valence-electron chi connectivity index (χ0n) is 9.88. The monoisotopic (exact) mass is 237 g/mol. The maximum Gasteiger partial charge on any atom is 0.0408 e. The molecule has 2 heteroatoms. The highest BCUT2D eigenvalue weighted by atomic mass is 35.5. The summed E-state index contributed by atoms with van der Waals surface area (Å²) in [5.74, 6) is 1.64. The van der Waals surface area contributed by atoms with Gasteiger partial charge in [0.1, 0.15) is 0 Å². The van der Waals surface area contributed by atoms with Crippen molar-refractivity contribution in [2.24, 2.45) is 11.8 Å². The van der Waals surface area contributed by atoms with Crippen molar-refractivity contribution in [2.75, 3.05) is 13.1 Å². The standard InChI is InChI=1S/C14H20ClN/c1-11(13-5-7-16-8-6-13)9-12-3-2-4-14(15)10-12/h2-4,10-11,13,16H,5-9H2,1H3. The molecule has 1 N–H and O–H groups in total. The molecule has 1 aromatic carbocycles. The van der Waals surface area contributed by atoms with Crippen LogP contribution in [0.15, 0.2) is 24.3 Å². The lowest BCUT2D eigenvalue weighted by atomic mass is 9.82. The fourth-order valence-corrected chi connectivity index (χ4v) is 2.83. The Morgan fingerprint density at radius 2 is 2.12 bits per heavy atom. The van der Waals surface area contributed by atoms with Crippen LogP contribution in [-0.2, 0) is 6.42 Å². The van der Waals surface area contributed by atoms with Crippen molar-refractivity contribution >= 4 is 11.6 Å². The number of nitrogens with one attached hydrogen (secondary N) is 1. The topological polar surface area (TPSA) is 12.0 Å². The van der Waals surface area contributed by atoms with Crippen LogP contribution in [0.5, 0.6) is 0 Å². The van der Waals surface area contributed by atoms with Gasteiger partial charge in [-0.05, 0) is 61.9 Å². The van der Waals surface area contributed by atoms with Gasteiger partial charge in [-0.25, -0.2) is 0 Å². The first kappa shape index (κ1) is 11.9. The lowest BCUT2D eigenvalue weighted by molar-refractivity contribution is 0.274. The molecule has 2 rings (SSSR count). The Bertz CT molecular complexity index is 331. The van der Waals surface area contributed by atoms with Crippen LogP contribution in [0.3, 0.4) is 0 Å². The second-order valence-corrected chi connectivity index (χ2v) is 5.34. The molecule has 1 saturated heterocycles. The molecular formula is C14H20ClN. The molecule has 0 radical (unpaired) electrons. The fraction of sp³-hybridized carbons (Fsp3) is 0.571. The molecule has 1 aliphatic rings. The van der Waals surface area contributed by atoms with Gasteiger partial charge in [0.2, 0.25) is 0 Å². The first-order valence-corrected chi connectivity index (χ1v) is 6.58. The molecule has 0 amide bonds. The number of halogens is 1. The Hall–Kier alpha value is -0.530. The number of rotatable bonds is 3. The van der Waals surface area contributed by atoms with E-state index in [1.165, 1.54) is 31.5 Å². The molecule has 1 heterocycles. The van der Waals surface area contributed by atoms with Gasteiger partial charge >= 0.3 is 0 Å². The van der Waals surface area contributed by atoms with E-state index in [1.54, 1.807) is 0 Å². The molecule has 88 valence electrons. The van der Waals surface area contributed by atoms with E-state index in [9.17, 15) is 0 Å². The molecule has 16 heavy (non-hydrogen) atoms. The molecule has 1 aromatic rings. The number of hydrogen-bond acceptors (Lipinski definition) is 1. The summed E-state index contributed by atoms with van der Waals surface area (Å²) in [5, 5.41) is 4.28. The highest BCUT2D eigenvalue weighted by molar-refractivity contribution is 6.30. The average molecular weight is 238 g/mol. The Morgan fingerprint density at radius 3 is 2.81 bits per heavy atom. The predicted octanol–water partition coefficient (Wildman–Crippen LogP) is 3.52. The Labute approximate surface area is 103 Å². The summed E-state index contributed by atoms with van der Waals surface area (Å²) in [6.45, 7) is 4.74. The Balaban J connectivity index is 1.93. The maximum atomic E-state index is 6.00. The SMILES string of the molecule is CC(Cc1cccc(Cl)c1)C1CCNCC1. The van der Waals surface area contributed by atoms with Crippen LogP contribution in [0.1, 0.15) is 25.3 Å². The first-order valence-electron chi connectivity index (χ1n) is 6.21. The van der Waals surface area contributed by atoms with Crippen LogP contribution >= 0.6 is 11.6 Å². The van der Waals surface area contributed by atoms with E-state index in [2.05, 4.69) is 24.4 Å². The van der Waals surface area contributed by atoms with Gasteiger partial charge in [-0.3, -0.25) is 0 Å². The molecule has 1 nitrogen and oxygen atoms in total. The van der Waals surface area contributed by atoms with Crippen LogP contribution in [0, 0.1) is 11.8 Å². The van der Waals surface area contributed by atoms with Crippen LogP contribution in [0.2, 0.25) is 5.02 Å². The molecule has 0 spiro atoms. The summed E-state index contributed by atoms with van der Waals surface area (Å²) in [6.07, 6.45) is 3.80. The van der Waals surface area contributed by atoms with Gasteiger partial charge in [0, 0.05) is 5.02 Å². The number of hydrogen-bond donors (Lipinski definition) is 1. The third-order valence-electron chi connectivity index (χ3n) is 3.64. The normalized spacial score (nSPS) is 19.6. The zero-order valence-corrected chi connectivity index (χ0v) is 10.6. The van der Waals surface area contributed by atoms with Gasteiger partial charge in [0.15, 0.2) is 0 Å². The van der Waals surface area contributed by atoms with Gasteiger partial charge in [0.25, 0.3) is 0 Å². The molecule has 1 atom stereocenters. The minimum Gasteiger partial charge on any atom is -0.317 e. The lowest BCUT2D eigenvalue weighted by Crippen LogP contribution is -2.31. The van der Waals surface area contributed by atoms with Crippen molar-refractivity contribution in [3.05, 3.63) is 34.9 Å². The molecule has 0 bridgehead atoms. The van der Waals surface area contributed by atoms with Crippen LogP contribution < -0.4 is 5.32 Å².